The molecule has 9 rings (SSSR count). The highest BCUT2D eigenvalue weighted by molar-refractivity contribution is 5.88. The fraction of sp³-hybridized carbons (Fsp3) is 0.294. The van der Waals surface area contributed by atoms with E-state index >= 15 is 0 Å². The Bertz CT molecular complexity index is 2120. The Hall–Kier alpha value is -5.32. The van der Waals surface area contributed by atoms with Gasteiger partial charge in [-0.05, 0) is 68.8 Å². The molecule has 2 heterocycles. The lowest BCUT2D eigenvalue weighted by Gasteiger charge is -2.35. The molecule has 0 radical (unpaired) electrons. The summed E-state index contributed by atoms with van der Waals surface area (Å²) in [5.74, 6) is 1.61. The van der Waals surface area contributed by atoms with Crippen LogP contribution in [-0.2, 0) is 33.8 Å². The van der Waals surface area contributed by atoms with E-state index in [9.17, 15) is 0 Å². The second-order valence-corrected chi connectivity index (χ2v) is 15.0. The zero-order valence-electron chi connectivity index (χ0n) is 33.3. The second kappa shape index (κ2) is 18.7. The van der Waals surface area contributed by atoms with E-state index in [4.69, 9.17) is 37.9 Å². The Morgan fingerprint density at radius 2 is 0.797 bits per heavy atom. The predicted octanol–water partition coefficient (Wildman–Crippen LogP) is 9.01. The van der Waals surface area contributed by atoms with Crippen LogP contribution < -0.4 is 9.47 Å². The van der Waals surface area contributed by atoms with Gasteiger partial charge in [-0.2, -0.15) is 0 Å². The maximum Gasteiger partial charge on any atom is 0.127 e. The summed E-state index contributed by atoms with van der Waals surface area (Å²) in [6.45, 7) is 6.66. The number of fused-ring (bicyclic) bond motifs is 3. The monoisotopic (exact) mass is 790 g/mol. The summed E-state index contributed by atoms with van der Waals surface area (Å²) >= 11 is 0. The van der Waals surface area contributed by atoms with Crippen molar-refractivity contribution in [3.8, 4) is 44.9 Å². The van der Waals surface area contributed by atoms with Gasteiger partial charge in [0.25, 0.3) is 0 Å². The van der Waals surface area contributed by atoms with Gasteiger partial charge in [0, 0.05) is 11.1 Å². The van der Waals surface area contributed by atoms with Crippen LogP contribution in [-0.4, -0.2) is 91.5 Å². The molecule has 0 spiro atoms. The minimum absolute atomic E-state index is 0.252. The minimum Gasteiger partial charge on any atom is -0.491 e. The first-order valence-electron chi connectivity index (χ1n) is 20.7. The van der Waals surface area contributed by atoms with Crippen LogP contribution in [0.25, 0.3) is 33.4 Å². The van der Waals surface area contributed by atoms with Gasteiger partial charge in [0.1, 0.15) is 36.9 Å². The molecule has 0 aromatic heterocycles. The van der Waals surface area contributed by atoms with Gasteiger partial charge in [0.05, 0.1) is 71.5 Å². The SMILES string of the molecule is c1ccc(-c2cc(C3(c4ccc(OCCOCCOCC5CO5)c(-c5ccccc5)c4)c4ccccc4-c4ccccc43)ccc2OCCOCCOCC2CO2)cc1. The molecule has 6 aromatic carbocycles. The lowest BCUT2D eigenvalue weighted by atomic mass is 9.67. The van der Waals surface area contributed by atoms with E-state index in [1.54, 1.807) is 0 Å². The number of hydrogen-bond acceptors (Lipinski definition) is 8. The molecule has 6 aromatic rings. The lowest BCUT2D eigenvalue weighted by Crippen LogP contribution is -2.29. The molecule has 302 valence electrons. The maximum atomic E-state index is 6.50. The van der Waals surface area contributed by atoms with E-state index in [0.29, 0.717) is 66.1 Å². The largest absolute Gasteiger partial charge is 0.491 e. The van der Waals surface area contributed by atoms with Gasteiger partial charge in [0.2, 0.25) is 0 Å². The molecular formula is C51H50O8. The van der Waals surface area contributed by atoms with Crippen LogP contribution in [0.15, 0.2) is 146 Å². The van der Waals surface area contributed by atoms with E-state index in [1.807, 2.05) is 12.1 Å². The van der Waals surface area contributed by atoms with Crippen LogP contribution in [0.3, 0.4) is 0 Å². The van der Waals surface area contributed by atoms with E-state index < -0.39 is 5.41 Å². The van der Waals surface area contributed by atoms with E-state index in [2.05, 4.69) is 133 Å². The van der Waals surface area contributed by atoms with Gasteiger partial charge in [-0.15, -0.1) is 0 Å². The van der Waals surface area contributed by atoms with Crippen molar-refractivity contribution < 1.29 is 37.9 Å². The molecule has 2 fully saturated rings. The van der Waals surface area contributed by atoms with E-state index in [1.165, 1.54) is 22.3 Å². The number of benzene rings is 6. The predicted molar refractivity (Wildman–Crippen MR) is 228 cm³/mol. The Balaban J connectivity index is 1.06. The average molecular weight is 791 g/mol. The normalized spacial score (nSPS) is 16.9. The zero-order valence-corrected chi connectivity index (χ0v) is 33.3. The van der Waals surface area contributed by atoms with Crippen molar-refractivity contribution in [2.45, 2.75) is 17.6 Å². The second-order valence-electron chi connectivity index (χ2n) is 15.0. The standard InChI is InChI=1S/C51H50O8/c1-3-11-37(12-4-1)45-31-39(19-21-49(45)56-29-27-52-23-25-54-33-41-35-58-41)51(47-17-9-7-15-43(47)44-16-8-10-18-48(44)51)40-20-22-50(46(32-40)38-13-5-2-6-14-38)57-30-28-53-24-26-55-34-42-36-59-42/h1-22,31-32,41-42H,23-30,33-36H2. The molecule has 2 saturated heterocycles. The third-order valence-corrected chi connectivity index (χ3v) is 11.1. The highest BCUT2D eigenvalue weighted by atomic mass is 16.6. The van der Waals surface area contributed by atoms with Gasteiger partial charge in [-0.25, -0.2) is 0 Å². The van der Waals surface area contributed by atoms with Crippen LogP contribution in [0, 0.1) is 0 Å². The molecule has 2 atom stereocenters. The van der Waals surface area contributed by atoms with Gasteiger partial charge >= 0.3 is 0 Å². The van der Waals surface area contributed by atoms with Crippen molar-refractivity contribution in [1.82, 2.24) is 0 Å². The molecule has 3 aliphatic rings. The number of hydrogen-bond donors (Lipinski definition) is 0. The van der Waals surface area contributed by atoms with Crippen molar-refractivity contribution >= 4 is 0 Å². The van der Waals surface area contributed by atoms with E-state index in [-0.39, 0.29) is 12.2 Å². The summed E-state index contributed by atoms with van der Waals surface area (Å²) in [5, 5.41) is 0. The van der Waals surface area contributed by atoms with Crippen LogP contribution in [0.4, 0.5) is 0 Å². The minimum atomic E-state index is -0.652. The van der Waals surface area contributed by atoms with Gasteiger partial charge in [0.15, 0.2) is 0 Å². The molecule has 8 nitrogen and oxygen atoms in total. The lowest BCUT2D eigenvalue weighted by molar-refractivity contribution is 0.0317. The first-order chi connectivity index (χ1) is 29.3. The molecule has 0 amide bonds. The van der Waals surface area contributed by atoms with Crippen LogP contribution in [0.2, 0.25) is 0 Å². The fourth-order valence-corrected chi connectivity index (χ4v) is 8.11. The van der Waals surface area contributed by atoms with Crippen molar-refractivity contribution in [3.63, 3.8) is 0 Å². The zero-order chi connectivity index (χ0) is 39.7. The molecule has 0 bridgehead atoms. The van der Waals surface area contributed by atoms with Gasteiger partial charge in [-0.3, -0.25) is 0 Å². The van der Waals surface area contributed by atoms with Gasteiger partial charge in [-0.1, -0.05) is 121 Å². The summed E-state index contributed by atoms with van der Waals surface area (Å²) in [4.78, 5) is 0. The quantitative estimate of drug-likeness (QED) is 0.0498. The number of ether oxygens (including phenoxy) is 8. The molecule has 2 unspecified atom stereocenters. The van der Waals surface area contributed by atoms with Crippen molar-refractivity contribution in [3.05, 3.63) is 168 Å². The third-order valence-electron chi connectivity index (χ3n) is 11.1. The van der Waals surface area contributed by atoms with Crippen LogP contribution >= 0.6 is 0 Å². The average Bonchev–Trinajstić information content (AvgIpc) is 4.25. The Morgan fingerprint density at radius 3 is 1.24 bits per heavy atom. The molecule has 1 aliphatic carbocycles. The summed E-state index contributed by atoms with van der Waals surface area (Å²) in [6.07, 6.45) is 0.504. The number of epoxide rings is 2. The highest BCUT2D eigenvalue weighted by Crippen LogP contribution is 2.57. The Morgan fingerprint density at radius 1 is 0.407 bits per heavy atom. The summed E-state index contributed by atoms with van der Waals surface area (Å²) in [7, 11) is 0. The fourth-order valence-electron chi connectivity index (χ4n) is 8.11. The van der Waals surface area contributed by atoms with Crippen molar-refractivity contribution in [2.75, 3.05) is 79.3 Å². The van der Waals surface area contributed by atoms with E-state index in [0.717, 1.165) is 58.1 Å². The Kier molecular flexibility index (Phi) is 12.4. The highest BCUT2D eigenvalue weighted by Gasteiger charge is 2.46. The first-order valence-corrected chi connectivity index (χ1v) is 20.7. The van der Waals surface area contributed by atoms with Crippen LogP contribution in [0.5, 0.6) is 11.5 Å². The van der Waals surface area contributed by atoms with Gasteiger partial charge < -0.3 is 37.9 Å². The Labute approximate surface area is 346 Å². The molecular weight excluding hydrogens is 741 g/mol. The smallest absolute Gasteiger partial charge is 0.127 e. The maximum absolute atomic E-state index is 6.50. The molecule has 0 saturated carbocycles. The van der Waals surface area contributed by atoms with Crippen molar-refractivity contribution in [2.24, 2.45) is 0 Å². The van der Waals surface area contributed by atoms with Crippen molar-refractivity contribution in [1.29, 1.82) is 0 Å². The first kappa shape index (κ1) is 39.2. The summed E-state index contributed by atoms with van der Waals surface area (Å²) in [5.41, 5.74) is 10.7. The topological polar surface area (TPSA) is 80.4 Å². The summed E-state index contributed by atoms with van der Waals surface area (Å²) in [6, 6.07) is 52.0. The third kappa shape index (κ3) is 8.99. The molecule has 0 N–H and O–H groups in total. The molecule has 59 heavy (non-hydrogen) atoms. The van der Waals surface area contributed by atoms with Crippen LogP contribution in [0.1, 0.15) is 22.3 Å². The molecule has 2 aliphatic heterocycles. The molecule has 8 heteroatoms. The summed E-state index contributed by atoms with van der Waals surface area (Å²) < 4.78 is 46.4. The number of rotatable bonds is 22.